The first-order valence-corrected chi connectivity index (χ1v) is 8.06. The second kappa shape index (κ2) is 8.39. The number of morpholine rings is 1. The number of benzene rings is 1. The predicted octanol–water partition coefficient (Wildman–Crippen LogP) is 2.69. The fraction of sp³-hybridized carbons (Fsp3) is 0.562. The van der Waals surface area contributed by atoms with Crippen LogP contribution in [0.15, 0.2) is 18.2 Å². The van der Waals surface area contributed by atoms with Gasteiger partial charge >= 0.3 is 12.2 Å². The molecule has 0 bridgehead atoms. The molecule has 2 rings (SSSR count). The van der Waals surface area contributed by atoms with Crippen molar-refractivity contribution in [3.63, 3.8) is 0 Å². The Labute approximate surface area is 144 Å². The van der Waals surface area contributed by atoms with Gasteiger partial charge in [-0.2, -0.15) is 13.2 Å². The van der Waals surface area contributed by atoms with Gasteiger partial charge in [0.1, 0.15) is 5.75 Å². The van der Waals surface area contributed by atoms with Gasteiger partial charge in [0.05, 0.1) is 24.9 Å². The van der Waals surface area contributed by atoms with E-state index in [1.807, 2.05) is 0 Å². The van der Waals surface area contributed by atoms with Crippen LogP contribution < -0.4 is 15.8 Å². The lowest BCUT2D eigenvalue weighted by molar-refractivity contribution is -0.138. The van der Waals surface area contributed by atoms with Crippen LogP contribution in [-0.4, -0.2) is 49.9 Å². The average molecular weight is 361 g/mol. The SMILES string of the molecule is CCOc1ccc(NC(=O)N2CCO[C@@H](CCN)C2)cc1C(F)(F)F. The highest BCUT2D eigenvalue weighted by Gasteiger charge is 2.35. The maximum Gasteiger partial charge on any atom is 0.420 e. The molecule has 0 radical (unpaired) electrons. The lowest BCUT2D eigenvalue weighted by Crippen LogP contribution is -2.47. The van der Waals surface area contributed by atoms with Gasteiger partial charge in [-0.15, -0.1) is 0 Å². The quantitative estimate of drug-likeness (QED) is 0.845. The maximum atomic E-state index is 13.1. The number of hydrogen-bond acceptors (Lipinski definition) is 4. The molecule has 1 fully saturated rings. The van der Waals surface area contributed by atoms with E-state index in [1.54, 1.807) is 6.92 Å². The van der Waals surface area contributed by atoms with Gasteiger partial charge in [0, 0.05) is 18.8 Å². The van der Waals surface area contributed by atoms with Crippen LogP contribution in [-0.2, 0) is 10.9 Å². The summed E-state index contributed by atoms with van der Waals surface area (Å²) in [5.41, 5.74) is 4.62. The Morgan fingerprint density at radius 3 is 2.88 bits per heavy atom. The van der Waals surface area contributed by atoms with Gasteiger partial charge in [-0.25, -0.2) is 4.79 Å². The van der Waals surface area contributed by atoms with E-state index < -0.39 is 17.8 Å². The van der Waals surface area contributed by atoms with Crippen LogP contribution in [0.4, 0.5) is 23.7 Å². The van der Waals surface area contributed by atoms with Crippen LogP contribution >= 0.6 is 0 Å². The molecule has 0 unspecified atom stereocenters. The van der Waals surface area contributed by atoms with E-state index in [0.29, 0.717) is 32.7 Å². The minimum absolute atomic E-state index is 0.0580. The summed E-state index contributed by atoms with van der Waals surface area (Å²) in [5.74, 6) is -0.262. The molecule has 3 N–H and O–H groups in total. The summed E-state index contributed by atoms with van der Waals surface area (Å²) in [5, 5.41) is 2.50. The summed E-state index contributed by atoms with van der Waals surface area (Å²) in [6, 6.07) is 3.00. The van der Waals surface area contributed by atoms with E-state index in [9.17, 15) is 18.0 Å². The van der Waals surface area contributed by atoms with Gasteiger partial charge < -0.3 is 25.4 Å². The number of ether oxygens (including phenoxy) is 2. The van der Waals surface area contributed by atoms with Crippen LogP contribution in [0.2, 0.25) is 0 Å². The summed E-state index contributed by atoms with van der Waals surface area (Å²) >= 11 is 0. The number of hydrogen-bond donors (Lipinski definition) is 2. The number of nitrogens with zero attached hydrogens (tertiary/aromatic N) is 1. The molecule has 9 heteroatoms. The summed E-state index contributed by atoms with van der Waals surface area (Å²) in [7, 11) is 0. The number of carbonyl (C=O) groups is 1. The van der Waals surface area contributed by atoms with Crippen molar-refractivity contribution in [2.75, 3.05) is 38.2 Å². The highest BCUT2D eigenvalue weighted by Crippen LogP contribution is 2.38. The largest absolute Gasteiger partial charge is 0.493 e. The van der Waals surface area contributed by atoms with E-state index in [4.69, 9.17) is 15.2 Å². The summed E-state index contributed by atoms with van der Waals surface area (Å²) in [6.07, 6.45) is -4.11. The molecule has 1 atom stereocenters. The van der Waals surface area contributed by atoms with Crippen molar-refractivity contribution in [3.8, 4) is 5.75 Å². The van der Waals surface area contributed by atoms with Crippen molar-refractivity contribution in [3.05, 3.63) is 23.8 Å². The summed E-state index contributed by atoms with van der Waals surface area (Å²) < 4.78 is 49.9. The second-order valence-corrected chi connectivity index (χ2v) is 5.59. The van der Waals surface area contributed by atoms with Gasteiger partial charge in [0.25, 0.3) is 0 Å². The Balaban J connectivity index is 2.10. The molecular formula is C16H22F3N3O3. The number of alkyl halides is 3. The maximum absolute atomic E-state index is 13.1. The van der Waals surface area contributed by atoms with Crippen molar-refractivity contribution in [1.82, 2.24) is 4.90 Å². The van der Waals surface area contributed by atoms with Crippen molar-refractivity contribution in [2.45, 2.75) is 25.6 Å². The molecule has 1 aliphatic rings. The molecule has 0 spiro atoms. The molecule has 0 aliphatic carbocycles. The normalized spacial score (nSPS) is 18.1. The Morgan fingerprint density at radius 1 is 1.48 bits per heavy atom. The molecule has 0 aromatic heterocycles. The van der Waals surface area contributed by atoms with Crippen molar-refractivity contribution < 1.29 is 27.4 Å². The number of anilines is 1. The lowest BCUT2D eigenvalue weighted by atomic mass is 10.1. The number of amides is 2. The van der Waals surface area contributed by atoms with Gasteiger partial charge in [-0.1, -0.05) is 0 Å². The summed E-state index contributed by atoms with van der Waals surface area (Å²) in [6.45, 7) is 3.25. The Kier molecular flexibility index (Phi) is 6.49. The van der Waals surface area contributed by atoms with Crippen molar-refractivity contribution in [2.24, 2.45) is 5.73 Å². The van der Waals surface area contributed by atoms with E-state index >= 15 is 0 Å². The van der Waals surface area contributed by atoms with Crippen LogP contribution in [0.3, 0.4) is 0 Å². The van der Waals surface area contributed by atoms with Crippen molar-refractivity contribution in [1.29, 1.82) is 0 Å². The Bertz CT molecular complexity index is 594. The smallest absolute Gasteiger partial charge is 0.420 e. The third-order valence-corrected chi connectivity index (χ3v) is 3.75. The first kappa shape index (κ1) is 19.3. The van der Waals surface area contributed by atoms with Crippen LogP contribution in [0.5, 0.6) is 5.75 Å². The Hall–Kier alpha value is -2.00. The zero-order valence-corrected chi connectivity index (χ0v) is 13.9. The first-order valence-electron chi connectivity index (χ1n) is 8.06. The highest BCUT2D eigenvalue weighted by molar-refractivity contribution is 5.89. The summed E-state index contributed by atoms with van der Waals surface area (Å²) in [4.78, 5) is 13.8. The Morgan fingerprint density at radius 2 is 2.24 bits per heavy atom. The molecule has 1 aromatic carbocycles. The van der Waals surface area contributed by atoms with E-state index in [0.717, 1.165) is 6.07 Å². The fourth-order valence-corrected chi connectivity index (χ4v) is 2.58. The first-order chi connectivity index (χ1) is 11.8. The van der Waals surface area contributed by atoms with Gasteiger partial charge in [-0.05, 0) is 38.1 Å². The van der Waals surface area contributed by atoms with E-state index in [-0.39, 0.29) is 24.1 Å². The van der Waals surface area contributed by atoms with E-state index in [1.165, 1.54) is 17.0 Å². The molecule has 140 valence electrons. The van der Waals surface area contributed by atoms with Gasteiger partial charge in [-0.3, -0.25) is 0 Å². The molecule has 1 saturated heterocycles. The lowest BCUT2D eigenvalue weighted by Gasteiger charge is -2.32. The number of halogens is 3. The molecule has 2 amide bonds. The standard InChI is InChI=1S/C16H22F3N3O3/c1-2-24-14-4-3-11(9-13(14)16(17,18)19)21-15(23)22-7-8-25-12(10-22)5-6-20/h3-4,9,12H,2,5-8,10,20H2,1H3,(H,21,23)/t12-/m0/s1. The zero-order valence-electron chi connectivity index (χ0n) is 13.9. The van der Waals surface area contributed by atoms with Crippen LogP contribution in [0.1, 0.15) is 18.9 Å². The number of rotatable bonds is 5. The average Bonchev–Trinajstić information content (AvgIpc) is 2.56. The molecule has 1 aliphatic heterocycles. The number of nitrogens with two attached hydrogens (primary N) is 1. The van der Waals surface area contributed by atoms with Crippen LogP contribution in [0.25, 0.3) is 0 Å². The second-order valence-electron chi connectivity index (χ2n) is 5.59. The monoisotopic (exact) mass is 361 g/mol. The topological polar surface area (TPSA) is 76.8 Å². The molecule has 1 aromatic rings. The van der Waals surface area contributed by atoms with E-state index in [2.05, 4.69) is 5.32 Å². The molecular weight excluding hydrogens is 339 g/mol. The van der Waals surface area contributed by atoms with Gasteiger partial charge in [0.15, 0.2) is 0 Å². The minimum atomic E-state index is -4.57. The highest BCUT2D eigenvalue weighted by atomic mass is 19.4. The van der Waals surface area contributed by atoms with Crippen molar-refractivity contribution >= 4 is 11.7 Å². The number of urea groups is 1. The molecule has 6 nitrogen and oxygen atoms in total. The molecule has 25 heavy (non-hydrogen) atoms. The molecule has 0 saturated carbocycles. The third kappa shape index (κ3) is 5.23. The minimum Gasteiger partial charge on any atom is -0.493 e. The predicted molar refractivity (Wildman–Crippen MR) is 86.6 cm³/mol. The third-order valence-electron chi connectivity index (χ3n) is 3.75. The van der Waals surface area contributed by atoms with Crippen LogP contribution in [0, 0.1) is 0 Å². The van der Waals surface area contributed by atoms with Gasteiger partial charge in [0.2, 0.25) is 0 Å². The fourth-order valence-electron chi connectivity index (χ4n) is 2.58. The number of carbonyl (C=O) groups excluding carboxylic acids is 1. The zero-order chi connectivity index (χ0) is 18.4. The molecule has 1 heterocycles. The number of nitrogens with one attached hydrogen (secondary N) is 1.